The van der Waals surface area contributed by atoms with Crippen molar-refractivity contribution in [1.29, 1.82) is 0 Å². The predicted molar refractivity (Wildman–Crippen MR) is 82.6 cm³/mol. The van der Waals surface area contributed by atoms with Crippen molar-refractivity contribution >= 4 is 20.9 Å². The molecule has 0 amide bonds. The summed E-state index contributed by atoms with van der Waals surface area (Å²) in [6.07, 6.45) is -0.0805. The first-order chi connectivity index (χ1) is 10.4. The maximum Gasteiger partial charge on any atom is 0.236 e. The van der Waals surface area contributed by atoms with E-state index in [0.717, 1.165) is 10.2 Å². The van der Waals surface area contributed by atoms with Crippen molar-refractivity contribution in [3.8, 4) is 0 Å². The molecule has 0 aliphatic carbocycles. The Morgan fingerprint density at radius 3 is 2.36 bits per heavy atom. The lowest BCUT2D eigenvalue weighted by atomic mass is 10.1. The molecule has 1 atom stereocenters. The molecule has 3 rings (SSSR count). The van der Waals surface area contributed by atoms with Crippen LogP contribution in [0.15, 0.2) is 54.6 Å². The number of aliphatic hydroxyl groups is 1. The summed E-state index contributed by atoms with van der Waals surface area (Å²) in [5.41, 5.74) is 1.16. The maximum absolute atomic E-state index is 13.0. The third-order valence-electron chi connectivity index (χ3n) is 3.49. The first kappa shape index (κ1) is 14.7. The van der Waals surface area contributed by atoms with E-state index in [9.17, 15) is 17.9 Å². The van der Waals surface area contributed by atoms with Gasteiger partial charge < -0.3 is 5.11 Å². The second-order valence-corrected chi connectivity index (χ2v) is 6.94. The highest BCUT2D eigenvalue weighted by Gasteiger charge is 2.22. The summed E-state index contributed by atoms with van der Waals surface area (Å²) in [6, 6.07) is 13.9. The van der Waals surface area contributed by atoms with Crippen molar-refractivity contribution in [1.82, 2.24) is 3.97 Å². The van der Waals surface area contributed by atoms with Crippen molar-refractivity contribution in [3.05, 3.63) is 71.7 Å². The number of hydrogen-bond acceptors (Lipinski definition) is 3. The Morgan fingerprint density at radius 1 is 1.09 bits per heavy atom. The Balaban J connectivity index is 2.24. The molecule has 0 saturated heterocycles. The summed E-state index contributed by atoms with van der Waals surface area (Å²) in [4.78, 5) is 0. The monoisotopic (exact) mass is 319 g/mol. The molecule has 1 unspecified atom stereocenters. The van der Waals surface area contributed by atoms with Gasteiger partial charge in [-0.05, 0) is 29.8 Å². The van der Waals surface area contributed by atoms with Crippen LogP contribution in [-0.4, -0.2) is 23.8 Å². The Bertz CT molecular complexity index is 930. The van der Waals surface area contributed by atoms with Gasteiger partial charge in [-0.3, -0.25) is 0 Å². The number of benzene rings is 2. The third-order valence-corrected chi connectivity index (χ3v) is 4.56. The van der Waals surface area contributed by atoms with Gasteiger partial charge in [-0.1, -0.05) is 30.3 Å². The molecule has 6 heteroatoms. The van der Waals surface area contributed by atoms with Crippen molar-refractivity contribution in [2.24, 2.45) is 0 Å². The summed E-state index contributed by atoms with van der Waals surface area (Å²) < 4.78 is 38.3. The number of halogens is 1. The van der Waals surface area contributed by atoms with E-state index in [-0.39, 0.29) is 5.69 Å². The zero-order valence-corrected chi connectivity index (χ0v) is 12.6. The van der Waals surface area contributed by atoms with Gasteiger partial charge in [0, 0.05) is 5.39 Å². The Labute approximate surface area is 127 Å². The highest BCUT2D eigenvalue weighted by Crippen LogP contribution is 2.29. The van der Waals surface area contributed by atoms with E-state index in [4.69, 9.17) is 0 Å². The van der Waals surface area contributed by atoms with Gasteiger partial charge in [0.15, 0.2) is 0 Å². The molecule has 0 aliphatic rings. The van der Waals surface area contributed by atoms with Gasteiger partial charge in [-0.25, -0.2) is 16.8 Å². The van der Waals surface area contributed by atoms with Crippen LogP contribution in [0.3, 0.4) is 0 Å². The lowest BCUT2D eigenvalue weighted by Crippen LogP contribution is -2.16. The quantitative estimate of drug-likeness (QED) is 0.807. The van der Waals surface area contributed by atoms with Gasteiger partial charge >= 0.3 is 0 Å². The van der Waals surface area contributed by atoms with Gasteiger partial charge in [0.05, 0.1) is 17.5 Å². The SMILES string of the molecule is CS(=O)(=O)n1c(C(O)c2ccc(F)cc2)cc2ccccc21. The van der Waals surface area contributed by atoms with Crippen LogP contribution in [0.1, 0.15) is 17.4 Å². The van der Waals surface area contributed by atoms with E-state index in [1.807, 2.05) is 0 Å². The summed E-state index contributed by atoms with van der Waals surface area (Å²) >= 11 is 0. The number of nitrogens with zero attached hydrogens (tertiary/aromatic N) is 1. The molecule has 1 heterocycles. The first-order valence-electron chi connectivity index (χ1n) is 6.62. The van der Waals surface area contributed by atoms with Crippen molar-refractivity contribution in [3.63, 3.8) is 0 Å². The smallest absolute Gasteiger partial charge is 0.236 e. The number of hydrogen-bond donors (Lipinski definition) is 1. The average molecular weight is 319 g/mol. The summed E-state index contributed by atoms with van der Waals surface area (Å²) in [7, 11) is -3.60. The number of para-hydroxylation sites is 1. The normalized spacial score (nSPS) is 13.4. The van der Waals surface area contributed by atoms with E-state index < -0.39 is 21.9 Å². The molecule has 114 valence electrons. The fourth-order valence-corrected chi connectivity index (χ4v) is 3.59. The lowest BCUT2D eigenvalue weighted by Gasteiger charge is -2.14. The topological polar surface area (TPSA) is 59.3 Å². The van der Waals surface area contributed by atoms with Crippen LogP contribution in [0.25, 0.3) is 10.9 Å². The average Bonchev–Trinajstić information content (AvgIpc) is 2.86. The van der Waals surface area contributed by atoms with Crippen LogP contribution >= 0.6 is 0 Å². The molecular weight excluding hydrogens is 305 g/mol. The van der Waals surface area contributed by atoms with Crippen molar-refractivity contribution in [2.75, 3.05) is 6.26 Å². The summed E-state index contributed by atoms with van der Waals surface area (Å²) in [5, 5.41) is 11.2. The molecule has 0 spiro atoms. The van der Waals surface area contributed by atoms with E-state index in [1.165, 1.54) is 24.3 Å². The van der Waals surface area contributed by atoms with Gasteiger partial charge in [-0.2, -0.15) is 0 Å². The fraction of sp³-hybridized carbons (Fsp3) is 0.125. The van der Waals surface area contributed by atoms with E-state index in [1.54, 1.807) is 30.3 Å². The number of aliphatic hydroxyl groups excluding tert-OH is 1. The van der Waals surface area contributed by atoms with Crippen LogP contribution in [0.5, 0.6) is 0 Å². The van der Waals surface area contributed by atoms with E-state index in [0.29, 0.717) is 16.5 Å². The minimum absolute atomic E-state index is 0.232. The molecule has 0 aliphatic heterocycles. The largest absolute Gasteiger partial charge is 0.382 e. The first-order valence-corrected chi connectivity index (χ1v) is 8.47. The molecule has 3 aromatic rings. The molecule has 0 bridgehead atoms. The molecule has 4 nitrogen and oxygen atoms in total. The Morgan fingerprint density at radius 2 is 1.73 bits per heavy atom. The molecule has 0 fully saturated rings. The second-order valence-electron chi connectivity index (χ2n) is 5.11. The van der Waals surface area contributed by atoms with E-state index >= 15 is 0 Å². The van der Waals surface area contributed by atoms with Gasteiger partial charge in [0.25, 0.3) is 0 Å². The number of fused-ring (bicyclic) bond motifs is 1. The van der Waals surface area contributed by atoms with Gasteiger partial charge in [0.1, 0.15) is 11.9 Å². The van der Waals surface area contributed by atoms with Crippen molar-refractivity contribution in [2.45, 2.75) is 6.10 Å². The van der Waals surface area contributed by atoms with Gasteiger partial charge in [0.2, 0.25) is 10.0 Å². The molecule has 1 N–H and O–H groups in total. The second kappa shape index (κ2) is 5.23. The molecule has 2 aromatic carbocycles. The Hall–Kier alpha value is -2.18. The number of rotatable bonds is 3. The zero-order valence-electron chi connectivity index (χ0n) is 11.8. The Kier molecular flexibility index (Phi) is 3.50. The maximum atomic E-state index is 13.0. The zero-order chi connectivity index (χ0) is 15.9. The lowest BCUT2D eigenvalue weighted by molar-refractivity contribution is 0.214. The fourth-order valence-electron chi connectivity index (χ4n) is 2.53. The molecule has 0 radical (unpaired) electrons. The predicted octanol–water partition coefficient (Wildman–Crippen LogP) is 2.67. The van der Waals surface area contributed by atoms with E-state index in [2.05, 4.69) is 0 Å². The van der Waals surface area contributed by atoms with Crippen LogP contribution < -0.4 is 0 Å². The molecule has 22 heavy (non-hydrogen) atoms. The minimum Gasteiger partial charge on any atom is -0.382 e. The van der Waals surface area contributed by atoms with Crippen LogP contribution in [0.4, 0.5) is 4.39 Å². The summed E-state index contributed by atoms with van der Waals surface area (Å²) in [6.45, 7) is 0. The number of aromatic nitrogens is 1. The van der Waals surface area contributed by atoms with Gasteiger partial charge in [-0.15, -0.1) is 0 Å². The third kappa shape index (κ3) is 2.51. The molecule has 1 aromatic heterocycles. The highest BCUT2D eigenvalue weighted by atomic mass is 32.2. The standard InChI is InChI=1S/C16H14FNO3S/c1-22(20,21)18-14-5-3-2-4-12(14)10-15(18)16(19)11-6-8-13(17)9-7-11/h2-10,16,19H,1H3. The molecule has 0 saturated carbocycles. The van der Waals surface area contributed by atoms with Crippen LogP contribution in [0, 0.1) is 5.82 Å². The van der Waals surface area contributed by atoms with Crippen molar-refractivity contribution < 1.29 is 17.9 Å². The van der Waals surface area contributed by atoms with Crippen LogP contribution in [-0.2, 0) is 10.0 Å². The minimum atomic E-state index is -3.60. The van der Waals surface area contributed by atoms with Crippen LogP contribution in [0.2, 0.25) is 0 Å². The molecular formula is C16H14FNO3S. The highest BCUT2D eigenvalue weighted by molar-refractivity contribution is 7.89. The summed E-state index contributed by atoms with van der Waals surface area (Å²) in [5.74, 6) is -0.417.